The Kier molecular flexibility index (Phi) is 5.80. The summed E-state index contributed by atoms with van der Waals surface area (Å²) in [6.07, 6.45) is 0.852. The summed E-state index contributed by atoms with van der Waals surface area (Å²) < 4.78 is 16.1. The summed E-state index contributed by atoms with van der Waals surface area (Å²) >= 11 is 0. The van der Waals surface area contributed by atoms with Crippen molar-refractivity contribution in [3.05, 3.63) is 42.5 Å². The molecule has 0 spiro atoms. The third-order valence-corrected chi connectivity index (χ3v) is 4.04. The third kappa shape index (κ3) is 4.49. The van der Waals surface area contributed by atoms with Crippen LogP contribution in [0.15, 0.2) is 42.5 Å². The Morgan fingerprint density at radius 1 is 1.22 bits per heavy atom. The quantitative estimate of drug-likeness (QED) is 0.811. The number of methoxy groups -OCH3 is 1. The topological polar surface area (TPSA) is 77.1 Å². The van der Waals surface area contributed by atoms with E-state index in [-0.39, 0.29) is 25.0 Å². The van der Waals surface area contributed by atoms with Crippen LogP contribution in [0.2, 0.25) is 0 Å². The van der Waals surface area contributed by atoms with Crippen LogP contribution in [0.25, 0.3) is 0 Å². The van der Waals surface area contributed by atoms with Crippen molar-refractivity contribution in [2.75, 3.05) is 37.1 Å². The van der Waals surface area contributed by atoms with Gasteiger partial charge in [0.25, 0.3) is 11.8 Å². The molecule has 1 N–H and O–H groups in total. The lowest BCUT2D eigenvalue weighted by Gasteiger charge is -2.29. The second-order valence-corrected chi connectivity index (χ2v) is 6.03. The van der Waals surface area contributed by atoms with Gasteiger partial charge in [-0.3, -0.25) is 9.59 Å². The van der Waals surface area contributed by atoms with Gasteiger partial charge in [-0.05, 0) is 30.7 Å². The molecule has 0 unspecified atom stereocenters. The molecule has 7 heteroatoms. The van der Waals surface area contributed by atoms with E-state index < -0.39 is 0 Å². The Morgan fingerprint density at radius 3 is 2.81 bits per heavy atom. The standard InChI is InChI=1S/C20H22N2O5/c1-3-9-22-17-8-7-14(10-18(17)27-13-20(22)24)21-19(23)12-26-16-6-4-5-15(11-16)25-2/h4-8,10-11H,3,9,12-13H2,1-2H3,(H,21,23). The van der Waals surface area contributed by atoms with E-state index in [1.807, 2.05) is 6.92 Å². The van der Waals surface area contributed by atoms with E-state index in [4.69, 9.17) is 14.2 Å². The van der Waals surface area contributed by atoms with Crippen LogP contribution < -0.4 is 24.4 Å². The van der Waals surface area contributed by atoms with Gasteiger partial charge in [-0.1, -0.05) is 13.0 Å². The normalized spacial score (nSPS) is 12.8. The maximum absolute atomic E-state index is 12.2. The third-order valence-electron chi connectivity index (χ3n) is 4.04. The fraction of sp³-hybridized carbons (Fsp3) is 0.300. The number of carbonyl (C=O) groups excluding carboxylic acids is 2. The largest absolute Gasteiger partial charge is 0.497 e. The van der Waals surface area contributed by atoms with Crippen molar-refractivity contribution in [3.63, 3.8) is 0 Å². The number of benzene rings is 2. The van der Waals surface area contributed by atoms with E-state index in [0.717, 1.165) is 12.1 Å². The summed E-state index contributed by atoms with van der Waals surface area (Å²) in [7, 11) is 1.57. The molecule has 27 heavy (non-hydrogen) atoms. The van der Waals surface area contributed by atoms with Crippen LogP contribution >= 0.6 is 0 Å². The molecule has 142 valence electrons. The predicted molar refractivity (Wildman–Crippen MR) is 102 cm³/mol. The number of fused-ring (bicyclic) bond motifs is 1. The highest BCUT2D eigenvalue weighted by molar-refractivity contribution is 5.99. The highest BCUT2D eigenvalue weighted by Gasteiger charge is 2.25. The summed E-state index contributed by atoms with van der Waals surface area (Å²) in [6, 6.07) is 12.3. The van der Waals surface area contributed by atoms with Gasteiger partial charge in [0.15, 0.2) is 13.2 Å². The van der Waals surface area contributed by atoms with E-state index >= 15 is 0 Å². The molecule has 2 aromatic rings. The van der Waals surface area contributed by atoms with Gasteiger partial charge in [-0.2, -0.15) is 0 Å². The van der Waals surface area contributed by atoms with Crippen molar-refractivity contribution in [1.82, 2.24) is 0 Å². The number of anilines is 2. The lowest BCUT2D eigenvalue weighted by atomic mass is 10.2. The van der Waals surface area contributed by atoms with Crippen LogP contribution in [0, 0.1) is 0 Å². The van der Waals surface area contributed by atoms with Crippen molar-refractivity contribution in [2.24, 2.45) is 0 Å². The van der Waals surface area contributed by atoms with Gasteiger partial charge in [0.1, 0.15) is 17.2 Å². The molecule has 2 aromatic carbocycles. The first-order chi connectivity index (χ1) is 13.1. The highest BCUT2D eigenvalue weighted by atomic mass is 16.5. The number of rotatable bonds is 7. The monoisotopic (exact) mass is 370 g/mol. The number of carbonyl (C=O) groups is 2. The Balaban J connectivity index is 1.62. The fourth-order valence-corrected chi connectivity index (χ4v) is 2.79. The molecule has 2 amide bonds. The van der Waals surface area contributed by atoms with E-state index in [1.54, 1.807) is 54.5 Å². The molecule has 0 radical (unpaired) electrons. The molecule has 0 bridgehead atoms. The SMILES string of the molecule is CCCN1C(=O)COc2cc(NC(=O)COc3cccc(OC)c3)ccc21. The second-order valence-electron chi connectivity index (χ2n) is 6.03. The minimum atomic E-state index is -0.296. The zero-order valence-electron chi connectivity index (χ0n) is 15.4. The molecular weight excluding hydrogens is 348 g/mol. The summed E-state index contributed by atoms with van der Waals surface area (Å²) in [6.45, 7) is 2.52. The van der Waals surface area contributed by atoms with Crippen molar-refractivity contribution >= 4 is 23.2 Å². The van der Waals surface area contributed by atoms with Gasteiger partial charge in [0, 0.05) is 24.4 Å². The molecule has 1 heterocycles. The van der Waals surface area contributed by atoms with Crippen LogP contribution in [0.3, 0.4) is 0 Å². The second kappa shape index (κ2) is 8.44. The van der Waals surface area contributed by atoms with Gasteiger partial charge < -0.3 is 24.4 Å². The fourth-order valence-electron chi connectivity index (χ4n) is 2.79. The minimum absolute atomic E-state index is 0.00332. The smallest absolute Gasteiger partial charge is 0.265 e. The Hall–Kier alpha value is -3.22. The van der Waals surface area contributed by atoms with Crippen molar-refractivity contribution in [2.45, 2.75) is 13.3 Å². The molecule has 0 saturated heterocycles. The number of hydrogen-bond donors (Lipinski definition) is 1. The molecule has 1 aliphatic heterocycles. The Bertz CT molecular complexity index is 837. The average molecular weight is 370 g/mol. The summed E-state index contributed by atoms with van der Waals surface area (Å²) in [4.78, 5) is 25.8. The number of ether oxygens (including phenoxy) is 3. The molecule has 0 fully saturated rings. The predicted octanol–water partition coefficient (Wildman–Crippen LogP) is 2.85. The molecule has 3 rings (SSSR count). The summed E-state index contributed by atoms with van der Waals surface area (Å²) in [5, 5.41) is 2.77. The first-order valence-corrected chi connectivity index (χ1v) is 8.74. The molecule has 0 saturated carbocycles. The Labute approximate surface area is 157 Å². The van der Waals surface area contributed by atoms with Crippen LogP contribution in [-0.4, -0.2) is 38.7 Å². The van der Waals surface area contributed by atoms with Crippen LogP contribution in [0.1, 0.15) is 13.3 Å². The van der Waals surface area contributed by atoms with Gasteiger partial charge in [0.2, 0.25) is 0 Å². The molecule has 0 aromatic heterocycles. The van der Waals surface area contributed by atoms with Crippen LogP contribution in [-0.2, 0) is 9.59 Å². The van der Waals surface area contributed by atoms with Crippen molar-refractivity contribution in [1.29, 1.82) is 0 Å². The zero-order valence-corrected chi connectivity index (χ0v) is 15.4. The molecule has 7 nitrogen and oxygen atoms in total. The average Bonchev–Trinajstić information content (AvgIpc) is 2.69. The van der Waals surface area contributed by atoms with Crippen molar-refractivity contribution < 1.29 is 23.8 Å². The van der Waals surface area contributed by atoms with Gasteiger partial charge in [-0.15, -0.1) is 0 Å². The van der Waals surface area contributed by atoms with E-state index in [9.17, 15) is 9.59 Å². The van der Waals surface area contributed by atoms with E-state index in [0.29, 0.717) is 29.5 Å². The lowest BCUT2D eigenvalue weighted by Crippen LogP contribution is -2.39. The van der Waals surface area contributed by atoms with Gasteiger partial charge in [0.05, 0.1) is 12.8 Å². The maximum atomic E-state index is 12.2. The first kappa shape index (κ1) is 18.6. The molecule has 1 aliphatic rings. The van der Waals surface area contributed by atoms with E-state index in [2.05, 4.69) is 5.32 Å². The van der Waals surface area contributed by atoms with Gasteiger partial charge in [-0.25, -0.2) is 0 Å². The van der Waals surface area contributed by atoms with Gasteiger partial charge >= 0.3 is 0 Å². The molecule has 0 aliphatic carbocycles. The minimum Gasteiger partial charge on any atom is -0.497 e. The number of nitrogens with zero attached hydrogens (tertiary/aromatic N) is 1. The number of hydrogen-bond acceptors (Lipinski definition) is 5. The maximum Gasteiger partial charge on any atom is 0.265 e. The Morgan fingerprint density at radius 2 is 2.04 bits per heavy atom. The lowest BCUT2D eigenvalue weighted by molar-refractivity contribution is -0.121. The zero-order chi connectivity index (χ0) is 19.2. The highest BCUT2D eigenvalue weighted by Crippen LogP contribution is 2.34. The summed E-state index contributed by atoms with van der Waals surface area (Å²) in [5.41, 5.74) is 1.30. The van der Waals surface area contributed by atoms with E-state index in [1.165, 1.54) is 0 Å². The van der Waals surface area contributed by atoms with Crippen molar-refractivity contribution in [3.8, 4) is 17.2 Å². The van der Waals surface area contributed by atoms with Crippen LogP contribution in [0.5, 0.6) is 17.2 Å². The number of amides is 2. The molecular formula is C20H22N2O5. The summed E-state index contributed by atoms with van der Waals surface area (Å²) in [5.74, 6) is 1.43. The number of nitrogens with one attached hydrogen (secondary N) is 1. The molecule has 0 atom stereocenters. The van der Waals surface area contributed by atoms with Crippen LogP contribution in [0.4, 0.5) is 11.4 Å². The first-order valence-electron chi connectivity index (χ1n) is 8.74.